The molecule has 0 amide bonds. The summed E-state index contributed by atoms with van der Waals surface area (Å²) >= 11 is 0. The molecular formula is C16H22O10S. The highest BCUT2D eigenvalue weighted by molar-refractivity contribution is 7.92. The fraction of sp³-hybridized carbons (Fsp3) is 0.750. The predicted molar refractivity (Wildman–Crippen MR) is 88.7 cm³/mol. The van der Waals surface area contributed by atoms with Crippen LogP contribution in [0.1, 0.15) is 38.5 Å². The summed E-state index contributed by atoms with van der Waals surface area (Å²) in [4.78, 5) is 45.2. The molecule has 0 aromatic carbocycles. The summed E-state index contributed by atoms with van der Waals surface area (Å²) in [5.74, 6) is -10.3. The topological polar surface area (TPSA) is 183 Å². The van der Waals surface area contributed by atoms with Crippen LogP contribution in [0.15, 0.2) is 0 Å². The Labute approximate surface area is 155 Å². The lowest BCUT2D eigenvalue weighted by atomic mass is 9.78. The molecule has 2 fully saturated rings. The van der Waals surface area contributed by atoms with Crippen molar-refractivity contribution in [3.8, 4) is 0 Å². The molecule has 2 rings (SSSR count). The lowest BCUT2D eigenvalue weighted by Gasteiger charge is -2.36. The highest BCUT2D eigenvalue weighted by atomic mass is 32.2. The number of carbonyl (C=O) groups is 4. The van der Waals surface area contributed by atoms with Gasteiger partial charge in [-0.05, 0) is 38.5 Å². The standard InChI is InChI=1S/C16H22O10S/c17-13(18)9-3-1-7(5-11(9)15(21)22)27(25,26)8-2-4-10(14(19)20)12(6-8)16(23)24/h7-12H,1-6H2,(H,17,18)(H,19,20)(H,21,22)(H,23,24). The van der Waals surface area contributed by atoms with Crippen LogP contribution in [0.4, 0.5) is 0 Å². The first kappa shape index (κ1) is 21.1. The van der Waals surface area contributed by atoms with Crippen LogP contribution >= 0.6 is 0 Å². The number of rotatable bonds is 6. The summed E-state index contributed by atoms with van der Waals surface area (Å²) in [6, 6.07) is 0. The predicted octanol–water partition coefficient (Wildman–Crippen LogP) is 0.309. The maximum absolute atomic E-state index is 12.9. The van der Waals surface area contributed by atoms with Gasteiger partial charge in [0.15, 0.2) is 9.84 Å². The number of hydrogen-bond acceptors (Lipinski definition) is 6. The Kier molecular flexibility index (Phi) is 6.13. The molecule has 6 atom stereocenters. The van der Waals surface area contributed by atoms with E-state index in [0.29, 0.717) is 0 Å². The molecule has 0 spiro atoms. The van der Waals surface area contributed by atoms with Crippen LogP contribution in [0.25, 0.3) is 0 Å². The molecule has 0 radical (unpaired) electrons. The monoisotopic (exact) mass is 406 g/mol. The molecule has 11 heteroatoms. The Morgan fingerprint density at radius 1 is 0.556 bits per heavy atom. The summed E-state index contributed by atoms with van der Waals surface area (Å²) < 4.78 is 25.9. The largest absolute Gasteiger partial charge is 0.481 e. The van der Waals surface area contributed by atoms with Gasteiger partial charge in [0.25, 0.3) is 0 Å². The van der Waals surface area contributed by atoms with Gasteiger partial charge in [0.2, 0.25) is 0 Å². The fourth-order valence-corrected chi connectivity index (χ4v) is 6.69. The van der Waals surface area contributed by atoms with Crippen molar-refractivity contribution in [3.63, 3.8) is 0 Å². The number of carboxylic acids is 4. The molecule has 2 aliphatic carbocycles. The lowest BCUT2D eigenvalue weighted by Crippen LogP contribution is -2.46. The molecule has 0 bridgehead atoms. The molecular weight excluding hydrogens is 384 g/mol. The van der Waals surface area contributed by atoms with E-state index >= 15 is 0 Å². The molecule has 2 saturated carbocycles. The van der Waals surface area contributed by atoms with Crippen molar-refractivity contribution in [2.24, 2.45) is 23.7 Å². The smallest absolute Gasteiger partial charge is 0.307 e. The Hall–Kier alpha value is -2.17. The van der Waals surface area contributed by atoms with E-state index in [4.69, 9.17) is 10.2 Å². The Balaban J connectivity index is 2.21. The molecule has 2 aliphatic rings. The second-order valence-corrected chi connectivity index (χ2v) is 9.75. The van der Waals surface area contributed by atoms with E-state index in [2.05, 4.69) is 0 Å². The van der Waals surface area contributed by atoms with Gasteiger partial charge in [-0.3, -0.25) is 19.2 Å². The summed E-state index contributed by atoms with van der Waals surface area (Å²) in [7, 11) is -3.93. The van der Waals surface area contributed by atoms with Crippen molar-refractivity contribution in [1.82, 2.24) is 0 Å². The van der Waals surface area contributed by atoms with Gasteiger partial charge in [0.1, 0.15) is 0 Å². The molecule has 0 aliphatic heterocycles. The average molecular weight is 406 g/mol. The molecule has 0 aromatic rings. The van der Waals surface area contributed by atoms with Crippen LogP contribution in [0, 0.1) is 23.7 Å². The third-order valence-electron chi connectivity index (χ3n) is 5.80. The van der Waals surface area contributed by atoms with E-state index in [-0.39, 0.29) is 38.5 Å². The van der Waals surface area contributed by atoms with Crippen LogP contribution in [-0.4, -0.2) is 63.2 Å². The van der Waals surface area contributed by atoms with Crippen molar-refractivity contribution in [2.75, 3.05) is 0 Å². The minimum atomic E-state index is -3.93. The summed E-state index contributed by atoms with van der Waals surface area (Å²) in [5.41, 5.74) is 0. The van der Waals surface area contributed by atoms with Gasteiger partial charge in [-0.1, -0.05) is 0 Å². The zero-order valence-corrected chi connectivity index (χ0v) is 15.2. The van der Waals surface area contributed by atoms with Crippen molar-refractivity contribution in [3.05, 3.63) is 0 Å². The van der Waals surface area contributed by atoms with Gasteiger partial charge in [-0.2, -0.15) is 0 Å². The first-order chi connectivity index (χ1) is 12.5. The Morgan fingerprint density at radius 3 is 1.11 bits per heavy atom. The van der Waals surface area contributed by atoms with E-state index in [1.54, 1.807) is 0 Å². The van der Waals surface area contributed by atoms with E-state index in [0.717, 1.165) is 0 Å². The van der Waals surface area contributed by atoms with Gasteiger partial charge in [-0.15, -0.1) is 0 Å². The third-order valence-corrected chi connectivity index (χ3v) is 8.52. The van der Waals surface area contributed by atoms with Gasteiger partial charge in [0, 0.05) is 0 Å². The SMILES string of the molecule is O=C(O)C1CCC(S(=O)(=O)C2CCC(C(=O)O)C(C(=O)O)C2)CC1C(=O)O. The maximum atomic E-state index is 12.9. The van der Waals surface area contributed by atoms with Crippen molar-refractivity contribution < 1.29 is 48.0 Å². The van der Waals surface area contributed by atoms with E-state index in [1.165, 1.54) is 0 Å². The van der Waals surface area contributed by atoms with Crippen LogP contribution < -0.4 is 0 Å². The molecule has 27 heavy (non-hydrogen) atoms. The first-order valence-corrected chi connectivity index (χ1v) is 10.2. The number of sulfone groups is 1. The minimum absolute atomic E-state index is 0.0142. The summed E-state index contributed by atoms with van der Waals surface area (Å²) in [6.45, 7) is 0. The quantitative estimate of drug-likeness (QED) is 0.478. The average Bonchev–Trinajstić information content (AvgIpc) is 2.60. The molecule has 0 heterocycles. The molecule has 4 N–H and O–H groups in total. The highest BCUT2D eigenvalue weighted by Crippen LogP contribution is 2.40. The van der Waals surface area contributed by atoms with Crippen molar-refractivity contribution in [1.29, 1.82) is 0 Å². The van der Waals surface area contributed by atoms with E-state index < -0.39 is 67.9 Å². The summed E-state index contributed by atoms with van der Waals surface area (Å²) in [6.07, 6.45) is -0.901. The van der Waals surface area contributed by atoms with Gasteiger partial charge >= 0.3 is 23.9 Å². The second-order valence-electron chi connectivity index (χ2n) is 7.24. The normalized spacial score (nSPS) is 34.5. The molecule has 6 unspecified atom stereocenters. The second kappa shape index (κ2) is 7.83. The van der Waals surface area contributed by atoms with Crippen LogP contribution in [-0.2, 0) is 29.0 Å². The molecule has 10 nitrogen and oxygen atoms in total. The molecule has 0 aromatic heterocycles. The number of aliphatic carboxylic acids is 4. The molecule has 152 valence electrons. The van der Waals surface area contributed by atoms with Gasteiger partial charge in [0.05, 0.1) is 34.2 Å². The highest BCUT2D eigenvalue weighted by Gasteiger charge is 2.49. The van der Waals surface area contributed by atoms with E-state index in [1.807, 2.05) is 0 Å². The minimum Gasteiger partial charge on any atom is -0.481 e. The maximum Gasteiger partial charge on any atom is 0.307 e. The third kappa shape index (κ3) is 4.23. The van der Waals surface area contributed by atoms with Gasteiger partial charge < -0.3 is 20.4 Å². The Morgan fingerprint density at radius 2 is 0.852 bits per heavy atom. The summed E-state index contributed by atoms with van der Waals surface area (Å²) in [5, 5.41) is 34.7. The first-order valence-electron chi connectivity index (χ1n) is 8.60. The number of carboxylic acid groups (broad SMARTS) is 4. The van der Waals surface area contributed by atoms with Crippen LogP contribution in [0.5, 0.6) is 0 Å². The lowest BCUT2D eigenvalue weighted by molar-refractivity contribution is -0.155. The van der Waals surface area contributed by atoms with E-state index in [9.17, 15) is 37.8 Å². The van der Waals surface area contributed by atoms with Crippen molar-refractivity contribution >= 4 is 33.7 Å². The van der Waals surface area contributed by atoms with Crippen molar-refractivity contribution in [2.45, 2.75) is 49.0 Å². The van der Waals surface area contributed by atoms with Gasteiger partial charge in [-0.25, -0.2) is 8.42 Å². The van der Waals surface area contributed by atoms with Crippen LogP contribution in [0.3, 0.4) is 0 Å². The zero-order chi connectivity index (χ0) is 20.5. The zero-order valence-electron chi connectivity index (χ0n) is 14.4. The number of hydrogen-bond donors (Lipinski definition) is 4. The Bertz CT molecular complexity index is 686. The fourth-order valence-electron chi connectivity index (χ4n) is 4.27. The van der Waals surface area contributed by atoms with Crippen LogP contribution in [0.2, 0.25) is 0 Å². The molecule has 0 saturated heterocycles.